The van der Waals surface area contributed by atoms with E-state index in [0.29, 0.717) is 12.2 Å². The molecule has 5 heteroatoms. The topological polar surface area (TPSA) is 61.9 Å². The van der Waals surface area contributed by atoms with Crippen LogP contribution in [0.5, 0.6) is 0 Å². The maximum atomic E-state index is 12.1. The van der Waals surface area contributed by atoms with Gasteiger partial charge in [-0.15, -0.1) is 0 Å². The summed E-state index contributed by atoms with van der Waals surface area (Å²) in [4.78, 5) is 13.8. The molecule has 2 heterocycles. The van der Waals surface area contributed by atoms with Crippen LogP contribution in [0.4, 0.5) is 5.69 Å². The van der Waals surface area contributed by atoms with E-state index < -0.39 is 0 Å². The molecule has 1 aromatic carbocycles. The van der Waals surface area contributed by atoms with Crippen molar-refractivity contribution >= 4 is 11.6 Å². The maximum absolute atomic E-state index is 12.1. The van der Waals surface area contributed by atoms with E-state index in [9.17, 15) is 4.79 Å². The molecule has 1 N–H and O–H groups in total. The highest BCUT2D eigenvalue weighted by Crippen LogP contribution is 2.28. The summed E-state index contributed by atoms with van der Waals surface area (Å²) in [5, 5.41) is 9.90. The average Bonchev–Trinajstić information content (AvgIpc) is 2.98. The van der Waals surface area contributed by atoms with Crippen molar-refractivity contribution in [3.63, 3.8) is 0 Å². The zero-order chi connectivity index (χ0) is 11.0. The Balaban J connectivity index is 1.96. The summed E-state index contributed by atoms with van der Waals surface area (Å²) in [7, 11) is 0. The third-order valence-electron chi connectivity index (χ3n) is 2.77. The molecule has 0 fully saturated rings. The summed E-state index contributed by atoms with van der Waals surface area (Å²) in [5.41, 5.74) is 2.55. The molecule has 0 saturated carbocycles. The van der Waals surface area contributed by atoms with Crippen molar-refractivity contribution in [1.82, 2.24) is 15.4 Å². The molecular weight excluding hydrogens is 204 g/mol. The Hall–Kier alpha value is -2.17. The number of benzene rings is 1. The molecule has 80 valence electrons. The van der Waals surface area contributed by atoms with Crippen molar-refractivity contribution in [1.29, 1.82) is 0 Å². The number of hydrogen-bond acceptors (Lipinski definition) is 3. The van der Waals surface area contributed by atoms with Gasteiger partial charge < -0.3 is 4.90 Å². The lowest BCUT2D eigenvalue weighted by atomic mass is 10.2. The fourth-order valence-corrected chi connectivity index (χ4v) is 1.99. The van der Waals surface area contributed by atoms with Gasteiger partial charge in [0.05, 0.1) is 6.20 Å². The van der Waals surface area contributed by atoms with E-state index in [4.69, 9.17) is 0 Å². The normalized spacial score (nSPS) is 13.9. The number of amides is 1. The second kappa shape index (κ2) is 3.44. The first-order valence-electron chi connectivity index (χ1n) is 5.12. The van der Waals surface area contributed by atoms with E-state index in [1.54, 1.807) is 4.90 Å². The van der Waals surface area contributed by atoms with E-state index in [-0.39, 0.29) is 5.91 Å². The number of rotatable bonds is 1. The molecule has 0 saturated heterocycles. The Kier molecular flexibility index (Phi) is 1.96. The van der Waals surface area contributed by atoms with Crippen LogP contribution >= 0.6 is 0 Å². The SMILES string of the molecule is O=C(c1cn[nH]n1)N1CCc2ccccc21. The summed E-state index contributed by atoms with van der Waals surface area (Å²) >= 11 is 0. The van der Waals surface area contributed by atoms with Crippen LogP contribution in [-0.2, 0) is 6.42 Å². The van der Waals surface area contributed by atoms with Crippen molar-refractivity contribution in [2.24, 2.45) is 0 Å². The van der Waals surface area contributed by atoms with Gasteiger partial charge in [-0.25, -0.2) is 0 Å². The van der Waals surface area contributed by atoms with Gasteiger partial charge in [0.25, 0.3) is 5.91 Å². The molecule has 0 atom stereocenters. The molecule has 1 amide bonds. The number of aromatic nitrogens is 3. The Morgan fingerprint density at radius 2 is 2.25 bits per heavy atom. The molecule has 1 aliphatic rings. The van der Waals surface area contributed by atoms with E-state index in [2.05, 4.69) is 15.4 Å². The lowest BCUT2D eigenvalue weighted by molar-refractivity contribution is 0.0984. The third kappa shape index (κ3) is 1.29. The number of carbonyl (C=O) groups excluding carboxylic acids is 1. The maximum Gasteiger partial charge on any atom is 0.280 e. The number of carbonyl (C=O) groups is 1. The molecule has 5 nitrogen and oxygen atoms in total. The summed E-state index contributed by atoms with van der Waals surface area (Å²) in [6, 6.07) is 7.93. The lowest BCUT2D eigenvalue weighted by Gasteiger charge is -2.15. The molecule has 0 radical (unpaired) electrons. The van der Waals surface area contributed by atoms with Crippen LogP contribution in [0.2, 0.25) is 0 Å². The fraction of sp³-hybridized carbons (Fsp3) is 0.182. The largest absolute Gasteiger partial charge is 0.306 e. The Bertz CT molecular complexity index is 521. The number of fused-ring (bicyclic) bond motifs is 1. The van der Waals surface area contributed by atoms with Crippen LogP contribution in [0, 0.1) is 0 Å². The Morgan fingerprint density at radius 1 is 1.38 bits per heavy atom. The molecule has 0 aliphatic carbocycles. The van der Waals surface area contributed by atoms with Crippen LogP contribution in [0.25, 0.3) is 0 Å². The third-order valence-corrected chi connectivity index (χ3v) is 2.77. The Morgan fingerprint density at radius 3 is 3.06 bits per heavy atom. The second-order valence-electron chi connectivity index (χ2n) is 3.69. The molecule has 1 aromatic heterocycles. The predicted molar refractivity (Wildman–Crippen MR) is 58.2 cm³/mol. The highest BCUT2D eigenvalue weighted by atomic mass is 16.2. The molecule has 0 unspecified atom stereocenters. The van der Waals surface area contributed by atoms with Gasteiger partial charge in [0.2, 0.25) is 0 Å². The zero-order valence-corrected chi connectivity index (χ0v) is 8.55. The highest BCUT2D eigenvalue weighted by molar-refractivity contribution is 6.05. The standard InChI is InChI=1S/C11H10N4O/c16-11(9-7-12-14-13-9)15-6-5-8-3-1-2-4-10(8)15/h1-4,7H,5-6H2,(H,12,13,14). The molecule has 2 aromatic rings. The zero-order valence-electron chi connectivity index (χ0n) is 8.55. The average molecular weight is 214 g/mol. The minimum atomic E-state index is -0.0984. The fourth-order valence-electron chi connectivity index (χ4n) is 1.99. The molecule has 0 spiro atoms. The summed E-state index contributed by atoms with van der Waals surface area (Å²) in [5.74, 6) is -0.0984. The smallest absolute Gasteiger partial charge is 0.280 e. The van der Waals surface area contributed by atoms with Crippen LogP contribution in [0.1, 0.15) is 16.1 Å². The number of aromatic amines is 1. The number of anilines is 1. The van der Waals surface area contributed by atoms with E-state index in [1.807, 2.05) is 24.3 Å². The molecule has 3 rings (SSSR count). The summed E-state index contributed by atoms with van der Waals surface area (Å²) in [6.07, 6.45) is 2.35. The first kappa shape index (κ1) is 9.08. The molecule has 16 heavy (non-hydrogen) atoms. The minimum Gasteiger partial charge on any atom is -0.306 e. The quantitative estimate of drug-likeness (QED) is 0.770. The van der Waals surface area contributed by atoms with Gasteiger partial charge in [0.15, 0.2) is 5.69 Å². The number of para-hydroxylation sites is 1. The van der Waals surface area contributed by atoms with Crippen LogP contribution in [0.15, 0.2) is 30.5 Å². The van der Waals surface area contributed by atoms with Crippen molar-refractivity contribution in [2.45, 2.75) is 6.42 Å². The lowest BCUT2D eigenvalue weighted by Crippen LogP contribution is -2.29. The monoisotopic (exact) mass is 214 g/mol. The molecular formula is C11H10N4O. The minimum absolute atomic E-state index is 0.0984. The number of H-pyrrole nitrogens is 1. The van der Waals surface area contributed by atoms with Crippen molar-refractivity contribution < 1.29 is 4.79 Å². The van der Waals surface area contributed by atoms with Crippen molar-refractivity contribution in [3.8, 4) is 0 Å². The van der Waals surface area contributed by atoms with Gasteiger partial charge in [-0.05, 0) is 18.1 Å². The second-order valence-corrected chi connectivity index (χ2v) is 3.69. The molecule has 0 bridgehead atoms. The van der Waals surface area contributed by atoms with Gasteiger partial charge in [0, 0.05) is 12.2 Å². The number of hydrogen-bond donors (Lipinski definition) is 1. The van der Waals surface area contributed by atoms with Gasteiger partial charge >= 0.3 is 0 Å². The van der Waals surface area contributed by atoms with Gasteiger partial charge in [-0.1, -0.05) is 18.2 Å². The first-order valence-corrected chi connectivity index (χ1v) is 5.12. The number of nitrogens with zero attached hydrogens (tertiary/aromatic N) is 3. The van der Waals surface area contributed by atoms with E-state index in [0.717, 1.165) is 12.1 Å². The van der Waals surface area contributed by atoms with Gasteiger partial charge in [-0.2, -0.15) is 15.4 Å². The van der Waals surface area contributed by atoms with E-state index >= 15 is 0 Å². The Labute approximate surface area is 92.1 Å². The predicted octanol–water partition coefficient (Wildman–Crippen LogP) is 1.01. The number of nitrogens with one attached hydrogen (secondary N) is 1. The van der Waals surface area contributed by atoms with Crippen molar-refractivity contribution in [2.75, 3.05) is 11.4 Å². The summed E-state index contributed by atoms with van der Waals surface area (Å²) in [6.45, 7) is 0.713. The van der Waals surface area contributed by atoms with E-state index in [1.165, 1.54) is 11.8 Å². The highest BCUT2D eigenvalue weighted by Gasteiger charge is 2.26. The first-order chi connectivity index (χ1) is 7.86. The summed E-state index contributed by atoms with van der Waals surface area (Å²) < 4.78 is 0. The van der Waals surface area contributed by atoms with Gasteiger partial charge in [0.1, 0.15) is 0 Å². The molecule has 1 aliphatic heterocycles. The van der Waals surface area contributed by atoms with Crippen molar-refractivity contribution in [3.05, 3.63) is 41.7 Å². The van der Waals surface area contributed by atoms with Gasteiger partial charge in [-0.3, -0.25) is 4.79 Å². The van der Waals surface area contributed by atoms with Crippen LogP contribution in [-0.4, -0.2) is 27.9 Å². The van der Waals surface area contributed by atoms with Crippen LogP contribution in [0.3, 0.4) is 0 Å². The van der Waals surface area contributed by atoms with Crippen LogP contribution < -0.4 is 4.90 Å².